The summed E-state index contributed by atoms with van der Waals surface area (Å²) in [6.07, 6.45) is 0. The van der Waals surface area contributed by atoms with Gasteiger partial charge in [-0.15, -0.1) is 0 Å². The molecule has 0 saturated heterocycles. The van der Waals surface area contributed by atoms with Crippen LogP contribution in [0.25, 0.3) is 0 Å². The van der Waals surface area contributed by atoms with E-state index in [9.17, 15) is 0 Å². The monoisotopic (exact) mass is 223 g/mol. The molecule has 0 radical (unpaired) electrons. The largest absolute Gasteiger partial charge is 0.497 e. The van der Waals surface area contributed by atoms with Gasteiger partial charge < -0.3 is 20.5 Å². The maximum absolute atomic E-state index is 5.67. The van der Waals surface area contributed by atoms with Gasteiger partial charge in [0.05, 0.1) is 19.9 Å². The molecule has 0 aromatic heterocycles. The molecule has 0 unspecified atom stereocenters. The minimum Gasteiger partial charge on any atom is -0.497 e. The Morgan fingerprint density at radius 2 is 2.12 bits per heavy atom. The van der Waals surface area contributed by atoms with E-state index in [1.54, 1.807) is 26.4 Å². The number of nitrogens with zero attached hydrogens (tertiary/aromatic N) is 1. The highest BCUT2D eigenvalue weighted by Crippen LogP contribution is 2.28. The van der Waals surface area contributed by atoms with Crippen molar-refractivity contribution in [3.8, 4) is 11.5 Å². The first kappa shape index (κ1) is 12.2. The number of nitrogens with one attached hydrogen (secondary N) is 1. The van der Waals surface area contributed by atoms with E-state index in [0.29, 0.717) is 18.3 Å². The lowest BCUT2D eigenvalue weighted by atomic mass is 10.2. The first-order chi connectivity index (χ1) is 7.71. The third-order valence-corrected chi connectivity index (χ3v) is 2.00. The second-order valence-corrected chi connectivity index (χ2v) is 3.05. The van der Waals surface area contributed by atoms with E-state index in [1.807, 2.05) is 13.0 Å². The zero-order chi connectivity index (χ0) is 12.0. The highest BCUT2D eigenvalue weighted by atomic mass is 16.5. The number of hydrogen-bond acceptors (Lipinski definition) is 3. The van der Waals surface area contributed by atoms with Crippen molar-refractivity contribution in [2.75, 3.05) is 26.1 Å². The predicted molar refractivity (Wildman–Crippen MR) is 65.3 cm³/mol. The normalized spacial score (nSPS) is 11.1. The number of aliphatic imine (C=N–C) groups is 1. The number of benzene rings is 1. The molecule has 1 aromatic carbocycles. The number of methoxy groups -OCH3 is 2. The number of hydrogen-bond donors (Lipinski definition) is 2. The van der Waals surface area contributed by atoms with Crippen molar-refractivity contribution in [2.24, 2.45) is 10.7 Å². The van der Waals surface area contributed by atoms with Gasteiger partial charge in [-0.1, -0.05) is 0 Å². The van der Waals surface area contributed by atoms with Crippen molar-refractivity contribution in [3.05, 3.63) is 18.2 Å². The summed E-state index contributed by atoms with van der Waals surface area (Å²) in [4.78, 5) is 4.04. The lowest BCUT2D eigenvalue weighted by Crippen LogP contribution is -2.23. The van der Waals surface area contributed by atoms with E-state index in [2.05, 4.69) is 10.3 Å². The number of rotatable bonds is 4. The molecule has 5 nitrogen and oxygen atoms in total. The van der Waals surface area contributed by atoms with Gasteiger partial charge in [-0.05, 0) is 19.1 Å². The van der Waals surface area contributed by atoms with Crippen LogP contribution >= 0.6 is 0 Å². The molecule has 0 bridgehead atoms. The summed E-state index contributed by atoms with van der Waals surface area (Å²) in [7, 11) is 3.20. The average Bonchev–Trinajstić information content (AvgIpc) is 2.29. The fourth-order valence-corrected chi connectivity index (χ4v) is 1.26. The summed E-state index contributed by atoms with van der Waals surface area (Å²) in [6, 6.07) is 5.43. The molecule has 0 heterocycles. The summed E-state index contributed by atoms with van der Waals surface area (Å²) in [5.41, 5.74) is 6.41. The van der Waals surface area contributed by atoms with Crippen molar-refractivity contribution < 1.29 is 9.47 Å². The number of guanidine groups is 1. The van der Waals surface area contributed by atoms with E-state index in [1.165, 1.54) is 0 Å². The van der Waals surface area contributed by atoms with Gasteiger partial charge in [0, 0.05) is 12.6 Å². The van der Waals surface area contributed by atoms with Crippen LogP contribution in [0, 0.1) is 0 Å². The third kappa shape index (κ3) is 3.05. The summed E-state index contributed by atoms with van der Waals surface area (Å²) in [5.74, 6) is 1.77. The van der Waals surface area contributed by atoms with Crippen molar-refractivity contribution >= 4 is 11.6 Å². The lowest BCUT2D eigenvalue weighted by molar-refractivity contribution is 0.405. The van der Waals surface area contributed by atoms with Crippen LogP contribution in [-0.2, 0) is 0 Å². The number of ether oxygens (including phenoxy) is 2. The van der Waals surface area contributed by atoms with Crippen LogP contribution in [0.3, 0.4) is 0 Å². The van der Waals surface area contributed by atoms with E-state index < -0.39 is 0 Å². The lowest BCUT2D eigenvalue weighted by Gasteiger charge is -2.11. The summed E-state index contributed by atoms with van der Waals surface area (Å²) in [6.45, 7) is 2.54. The Morgan fingerprint density at radius 3 is 2.69 bits per heavy atom. The van der Waals surface area contributed by atoms with Crippen LogP contribution in [0.15, 0.2) is 23.2 Å². The van der Waals surface area contributed by atoms with Gasteiger partial charge in [0.2, 0.25) is 0 Å². The molecule has 0 spiro atoms. The Hall–Kier alpha value is -1.91. The molecule has 0 saturated carbocycles. The van der Waals surface area contributed by atoms with Gasteiger partial charge >= 0.3 is 0 Å². The van der Waals surface area contributed by atoms with Gasteiger partial charge in [0.15, 0.2) is 5.96 Å². The van der Waals surface area contributed by atoms with Crippen LogP contribution in [0.4, 0.5) is 5.69 Å². The van der Waals surface area contributed by atoms with Gasteiger partial charge in [-0.25, -0.2) is 0 Å². The fraction of sp³-hybridized carbons (Fsp3) is 0.364. The highest BCUT2D eigenvalue weighted by Gasteiger charge is 2.05. The summed E-state index contributed by atoms with van der Waals surface area (Å²) in [5, 5.41) is 2.96. The van der Waals surface area contributed by atoms with Gasteiger partial charge in [-0.2, -0.15) is 0 Å². The quantitative estimate of drug-likeness (QED) is 0.598. The van der Waals surface area contributed by atoms with Gasteiger partial charge in [0.1, 0.15) is 11.5 Å². The van der Waals surface area contributed by atoms with E-state index in [0.717, 1.165) is 11.4 Å². The Labute approximate surface area is 95.3 Å². The molecule has 0 atom stereocenters. The molecule has 0 aliphatic rings. The Morgan fingerprint density at radius 1 is 1.38 bits per heavy atom. The zero-order valence-electron chi connectivity index (χ0n) is 9.78. The predicted octanol–water partition coefficient (Wildman–Crippen LogP) is 1.45. The van der Waals surface area contributed by atoms with Crippen molar-refractivity contribution in [1.82, 2.24) is 0 Å². The van der Waals surface area contributed by atoms with Gasteiger partial charge in [0.25, 0.3) is 0 Å². The molecule has 1 aromatic rings. The van der Waals surface area contributed by atoms with Crippen LogP contribution in [0.5, 0.6) is 11.5 Å². The van der Waals surface area contributed by atoms with E-state index in [4.69, 9.17) is 15.2 Å². The molecule has 5 heteroatoms. The fourth-order valence-electron chi connectivity index (χ4n) is 1.26. The molecule has 3 N–H and O–H groups in total. The molecular weight excluding hydrogens is 206 g/mol. The first-order valence-electron chi connectivity index (χ1n) is 5.00. The smallest absolute Gasteiger partial charge is 0.193 e. The molecule has 0 aliphatic carbocycles. The Kier molecular flexibility index (Phi) is 4.44. The maximum Gasteiger partial charge on any atom is 0.193 e. The van der Waals surface area contributed by atoms with E-state index >= 15 is 0 Å². The van der Waals surface area contributed by atoms with Crippen molar-refractivity contribution in [2.45, 2.75) is 6.92 Å². The van der Waals surface area contributed by atoms with Gasteiger partial charge in [-0.3, -0.25) is 4.99 Å². The van der Waals surface area contributed by atoms with Crippen LogP contribution in [-0.4, -0.2) is 26.7 Å². The Balaban J connectivity index is 2.95. The summed E-state index contributed by atoms with van der Waals surface area (Å²) < 4.78 is 10.3. The summed E-state index contributed by atoms with van der Waals surface area (Å²) >= 11 is 0. The average molecular weight is 223 g/mol. The van der Waals surface area contributed by atoms with Crippen LogP contribution in [0.1, 0.15) is 6.92 Å². The minimum atomic E-state index is 0.356. The molecule has 1 rings (SSSR count). The number of anilines is 1. The molecule has 16 heavy (non-hydrogen) atoms. The van der Waals surface area contributed by atoms with E-state index in [-0.39, 0.29) is 0 Å². The second kappa shape index (κ2) is 5.85. The molecular formula is C11H17N3O2. The third-order valence-electron chi connectivity index (χ3n) is 2.00. The first-order valence-corrected chi connectivity index (χ1v) is 5.00. The maximum atomic E-state index is 5.67. The minimum absolute atomic E-state index is 0.356. The van der Waals surface area contributed by atoms with Crippen molar-refractivity contribution in [3.63, 3.8) is 0 Å². The highest BCUT2D eigenvalue weighted by molar-refractivity contribution is 5.93. The zero-order valence-corrected chi connectivity index (χ0v) is 9.78. The molecule has 0 fully saturated rings. The molecule has 88 valence electrons. The second-order valence-electron chi connectivity index (χ2n) is 3.05. The molecule has 0 aliphatic heterocycles. The van der Waals surface area contributed by atoms with Crippen molar-refractivity contribution in [1.29, 1.82) is 0 Å². The molecule has 0 amide bonds. The van der Waals surface area contributed by atoms with Crippen LogP contribution in [0.2, 0.25) is 0 Å². The Bertz CT molecular complexity index is 377. The standard InChI is InChI=1S/C11H17N3O2/c1-4-13-11(12)14-9-7-8(15-2)5-6-10(9)16-3/h5-7H,4H2,1-3H3,(H3,12,13,14). The van der Waals surface area contributed by atoms with Crippen LogP contribution < -0.4 is 20.5 Å². The number of nitrogens with two attached hydrogens (primary N) is 1. The topological polar surface area (TPSA) is 68.9 Å². The SMILES string of the molecule is CCN=C(N)Nc1cc(OC)ccc1OC.